The van der Waals surface area contributed by atoms with Crippen LogP contribution in [0.15, 0.2) is 168 Å². The summed E-state index contributed by atoms with van der Waals surface area (Å²) in [4.78, 5) is 2.35. The summed E-state index contributed by atoms with van der Waals surface area (Å²) in [6.07, 6.45) is 0. The van der Waals surface area contributed by atoms with Crippen molar-refractivity contribution >= 4 is 70.5 Å². The molecule has 0 aliphatic heterocycles. The molecule has 0 saturated carbocycles. The molecule has 0 aliphatic rings. The van der Waals surface area contributed by atoms with Gasteiger partial charge in [-0.15, -0.1) is 11.3 Å². The Bertz CT molecular complexity index is 2470. The summed E-state index contributed by atoms with van der Waals surface area (Å²) in [6, 6.07) is 58.2. The van der Waals surface area contributed by atoms with Crippen LogP contribution in [0, 0.1) is 0 Å². The summed E-state index contributed by atoms with van der Waals surface area (Å²) in [5.41, 5.74) is 9.75. The molecular formula is C42H27NOS. The monoisotopic (exact) mass is 593 g/mol. The Kier molecular flexibility index (Phi) is 6.03. The zero-order valence-electron chi connectivity index (χ0n) is 24.4. The summed E-state index contributed by atoms with van der Waals surface area (Å²) in [7, 11) is 0. The van der Waals surface area contributed by atoms with Crippen molar-refractivity contribution in [2.45, 2.75) is 0 Å². The fourth-order valence-electron chi connectivity index (χ4n) is 6.65. The minimum Gasteiger partial charge on any atom is -0.455 e. The maximum Gasteiger partial charge on any atom is 0.145 e. The van der Waals surface area contributed by atoms with E-state index in [1.807, 2.05) is 11.3 Å². The third-order valence-electron chi connectivity index (χ3n) is 8.68. The Morgan fingerprint density at radius 3 is 1.89 bits per heavy atom. The molecule has 9 aromatic rings. The fraction of sp³-hybridized carbons (Fsp3) is 0. The first-order valence-corrected chi connectivity index (χ1v) is 16.0. The van der Waals surface area contributed by atoms with Gasteiger partial charge in [-0.05, 0) is 71.3 Å². The number of hydrogen-bond acceptors (Lipinski definition) is 3. The molecule has 9 rings (SSSR count). The lowest BCUT2D eigenvalue weighted by Crippen LogP contribution is -2.10. The molecule has 0 spiro atoms. The summed E-state index contributed by atoms with van der Waals surface area (Å²) in [5, 5.41) is 4.78. The van der Waals surface area contributed by atoms with Crippen LogP contribution in [0.2, 0.25) is 0 Å². The first-order valence-electron chi connectivity index (χ1n) is 15.2. The fourth-order valence-corrected chi connectivity index (χ4v) is 7.78. The van der Waals surface area contributed by atoms with Gasteiger partial charge in [0, 0.05) is 42.5 Å². The van der Waals surface area contributed by atoms with E-state index in [4.69, 9.17) is 4.42 Å². The van der Waals surface area contributed by atoms with Gasteiger partial charge >= 0.3 is 0 Å². The highest BCUT2D eigenvalue weighted by Crippen LogP contribution is 2.48. The second kappa shape index (κ2) is 10.5. The van der Waals surface area contributed by atoms with Crippen LogP contribution >= 0.6 is 11.3 Å². The first kappa shape index (κ1) is 25.8. The average Bonchev–Trinajstić information content (AvgIpc) is 3.69. The quantitative estimate of drug-likeness (QED) is 0.197. The molecule has 2 aromatic heterocycles. The lowest BCUT2D eigenvalue weighted by atomic mass is 9.96. The van der Waals surface area contributed by atoms with Crippen LogP contribution in [0.4, 0.5) is 17.1 Å². The molecule has 2 heterocycles. The van der Waals surface area contributed by atoms with E-state index in [1.54, 1.807) is 0 Å². The largest absolute Gasteiger partial charge is 0.455 e. The molecule has 0 fully saturated rings. The van der Waals surface area contributed by atoms with Gasteiger partial charge in [-0.2, -0.15) is 0 Å². The van der Waals surface area contributed by atoms with Gasteiger partial charge in [0.2, 0.25) is 0 Å². The van der Waals surface area contributed by atoms with Crippen LogP contribution in [0.1, 0.15) is 0 Å². The number of thiophene rings is 1. The van der Waals surface area contributed by atoms with Gasteiger partial charge < -0.3 is 9.32 Å². The van der Waals surface area contributed by atoms with Gasteiger partial charge in [-0.1, -0.05) is 109 Å². The molecular weight excluding hydrogens is 567 g/mol. The predicted molar refractivity (Wildman–Crippen MR) is 192 cm³/mol. The van der Waals surface area contributed by atoms with Crippen molar-refractivity contribution in [1.29, 1.82) is 0 Å². The Morgan fingerprint density at radius 1 is 0.422 bits per heavy atom. The molecule has 2 nitrogen and oxygen atoms in total. The number of furan rings is 1. The average molecular weight is 594 g/mol. The lowest BCUT2D eigenvalue weighted by Gasteiger charge is -2.27. The van der Waals surface area contributed by atoms with E-state index in [1.165, 1.54) is 36.9 Å². The highest BCUT2D eigenvalue weighted by molar-refractivity contribution is 7.25. The Labute approximate surface area is 265 Å². The molecule has 0 bridgehead atoms. The highest BCUT2D eigenvalue weighted by Gasteiger charge is 2.23. The number of anilines is 3. The Morgan fingerprint density at radius 2 is 1.07 bits per heavy atom. The first-order chi connectivity index (χ1) is 22.3. The van der Waals surface area contributed by atoms with Crippen molar-refractivity contribution < 1.29 is 4.42 Å². The summed E-state index contributed by atoms with van der Waals surface area (Å²) < 4.78 is 9.37. The molecule has 0 radical (unpaired) electrons. The van der Waals surface area contributed by atoms with Crippen LogP contribution in [0.3, 0.4) is 0 Å². The molecule has 7 aromatic carbocycles. The minimum absolute atomic E-state index is 0.885. The summed E-state index contributed by atoms with van der Waals surface area (Å²) >= 11 is 1.84. The van der Waals surface area contributed by atoms with E-state index in [0.29, 0.717) is 0 Å². The van der Waals surface area contributed by atoms with Gasteiger partial charge in [0.15, 0.2) is 0 Å². The lowest BCUT2D eigenvalue weighted by molar-refractivity contribution is 0.670. The molecule has 0 atom stereocenters. The number of nitrogens with zero attached hydrogens (tertiary/aromatic N) is 1. The van der Waals surface area contributed by atoms with Gasteiger partial charge in [-0.25, -0.2) is 0 Å². The van der Waals surface area contributed by atoms with E-state index < -0.39 is 0 Å². The molecule has 45 heavy (non-hydrogen) atoms. The standard InChI is InChI=1S/C42H27NOS/c1-3-12-28(13-4-1)29-22-24-31(25-23-29)43(30-14-5-2-6-15-30)36-27-26-33(42-41(36)34-16-7-9-19-37(34)44-42)32-18-11-21-39-40(32)35-17-8-10-20-38(35)45-39/h1-27H. The Hall–Kier alpha value is -5.64. The molecule has 0 unspecified atom stereocenters. The van der Waals surface area contributed by atoms with E-state index in [9.17, 15) is 0 Å². The van der Waals surface area contributed by atoms with Crippen molar-refractivity contribution in [3.63, 3.8) is 0 Å². The number of benzene rings is 7. The van der Waals surface area contributed by atoms with Crippen LogP contribution in [0.5, 0.6) is 0 Å². The normalized spacial score (nSPS) is 11.6. The summed E-state index contributed by atoms with van der Waals surface area (Å²) in [6.45, 7) is 0. The molecule has 0 N–H and O–H groups in total. The second-order valence-corrected chi connectivity index (χ2v) is 12.4. The Balaban J connectivity index is 1.31. The zero-order chi connectivity index (χ0) is 29.7. The highest BCUT2D eigenvalue weighted by atomic mass is 32.1. The number of fused-ring (bicyclic) bond motifs is 6. The van der Waals surface area contributed by atoms with Crippen LogP contribution in [-0.2, 0) is 0 Å². The van der Waals surface area contributed by atoms with E-state index in [2.05, 4.69) is 169 Å². The van der Waals surface area contributed by atoms with Crippen LogP contribution in [-0.4, -0.2) is 0 Å². The topological polar surface area (TPSA) is 16.4 Å². The third kappa shape index (κ3) is 4.24. The van der Waals surface area contributed by atoms with Crippen molar-refractivity contribution in [2.24, 2.45) is 0 Å². The maximum atomic E-state index is 6.79. The van der Waals surface area contributed by atoms with Gasteiger partial charge in [0.1, 0.15) is 11.2 Å². The smallest absolute Gasteiger partial charge is 0.145 e. The second-order valence-electron chi connectivity index (χ2n) is 11.3. The molecule has 3 heteroatoms. The maximum absolute atomic E-state index is 6.79. The van der Waals surface area contributed by atoms with Crippen molar-refractivity contribution in [2.75, 3.05) is 4.90 Å². The third-order valence-corrected chi connectivity index (χ3v) is 9.82. The number of para-hydroxylation sites is 2. The SMILES string of the molecule is c1ccc(-c2ccc(N(c3ccccc3)c3ccc(-c4cccc5sc6ccccc6c45)c4oc5ccccc5c34)cc2)cc1. The van der Waals surface area contributed by atoms with Gasteiger partial charge in [0.25, 0.3) is 0 Å². The van der Waals surface area contributed by atoms with Crippen LogP contribution < -0.4 is 4.90 Å². The van der Waals surface area contributed by atoms with Crippen molar-refractivity contribution in [3.8, 4) is 22.3 Å². The van der Waals surface area contributed by atoms with E-state index >= 15 is 0 Å². The molecule has 0 aliphatic carbocycles. The van der Waals surface area contributed by atoms with Crippen LogP contribution in [0.25, 0.3) is 64.4 Å². The van der Waals surface area contributed by atoms with E-state index in [-0.39, 0.29) is 0 Å². The molecule has 0 amide bonds. The van der Waals surface area contributed by atoms with Gasteiger partial charge in [0.05, 0.1) is 11.1 Å². The predicted octanol–water partition coefficient (Wildman–Crippen LogP) is 12.8. The summed E-state index contributed by atoms with van der Waals surface area (Å²) in [5.74, 6) is 0. The van der Waals surface area contributed by atoms with Crippen molar-refractivity contribution in [1.82, 2.24) is 0 Å². The van der Waals surface area contributed by atoms with E-state index in [0.717, 1.165) is 44.6 Å². The zero-order valence-corrected chi connectivity index (χ0v) is 25.2. The minimum atomic E-state index is 0.885. The number of rotatable bonds is 5. The van der Waals surface area contributed by atoms with Crippen molar-refractivity contribution in [3.05, 3.63) is 164 Å². The molecule has 212 valence electrons. The van der Waals surface area contributed by atoms with Gasteiger partial charge in [-0.3, -0.25) is 0 Å². The molecule has 0 saturated heterocycles. The number of hydrogen-bond donors (Lipinski definition) is 0.